The molecule has 0 saturated carbocycles. The molecule has 124 valence electrons. The Bertz CT molecular complexity index is 876. The standard InChI is InChI=1S/C17H18N4OS2/c1-4-23-17-21-20-16(24-17)19-15(22)12-9-14(10(2)3)18-13-8-6-5-7-11(12)13/h5-10H,4H2,1-3H3,(H,19,20,22). The van der Waals surface area contributed by atoms with E-state index >= 15 is 0 Å². The van der Waals surface area contributed by atoms with Crippen LogP contribution in [-0.2, 0) is 0 Å². The van der Waals surface area contributed by atoms with E-state index in [4.69, 9.17) is 0 Å². The number of hydrogen-bond acceptors (Lipinski definition) is 6. The Kier molecular flexibility index (Phi) is 5.11. The Balaban J connectivity index is 1.95. The molecular formula is C17H18N4OS2. The largest absolute Gasteiger partial charge is 0.296 e. The number of amides is 1. The lowest BCUT2D eigenvalue weighted by Crippen LogP contribution is -2.13. The number of benzene rings is 1. The van der Waals surface area contributed by atoms with Gasteiger partial charge >= 0.3 is 0 Å². The number of nitrogens with zero attached hydrogens (tertiary/aromatic N) is 3. The third-order valence-corrected chi connectivity index (χ3v) is 5.32. The molecule has 1 aromatic carbocycles. The fraction of sp³-hybridized carbons (Fsp3) is 0.294. The van der Waals surface area contributed by atoms with Crippen molar-refractivity contribution in [2.45, 2.75) is 31.0 Å². The molecule has 1 amide bonds. The summed E-state index contributed by atoms with van der Waals surface area (Å²) in [6, 6.07) is 9.56. The molecule has 3 rings (SSSR count). The van der Waals surface area contributed by atoms with E-state index in [1.165, 1.54) is 11.3 Å². The summed E-state index contributed by atoms with van der Waals surface area (Å²) in [6.45, 7) is 6.19. The first-order chi connectivity index (χ1) is 11.6. The van der Waals surface area contributed by atoms with Gasteiger partial charge in [0.15, 0.2) is 4.34 Å². The minimum Gasteiger partial charge on any atom is -0.296 e. The Morgan fingerprint density at radius 3 is 2.83 bits per heavy atom. The second-order valence-electron chi connectivity index (χ2n) is 5.53. The molecule has 1 N–H and O–H groups in total. The molecule has 0 aliphatic carbocycles. The normalized spacial score (nSPS) is 11.2. The van der Waals surface area contributed by atoms with Crippen LogP contribution in [0.2, 0.25) is 0 Å². The average Bonchev–Trinajstić information content (AvgIpc) is 3.01. The molecule has 0 aliphatic heterocycles. The van der Waals surface area contributed by atoms with Gasteiger partial charge in [0, 0.05) is 11.1 Å². The molecule has 3 aromatic rings. The summed E-state index contributed by atoms with van der Waals surface area (Å²) in [5.74, 6) is 0.991. The molecule has 0 aliphatic rings. The van der Waals surface area contributed by atoms with Crippen molar-refractivity contribution in [3.8, 4) is 0 Å². The Morgan fingerprint density at radius 1 is 1.29 bits per heavy atom. The van der Waals surface area contributed by atoms with Gasteiger partial charge in [0.1, 0.15) is 0 Å². The van der Waals surface area contributed by atoms with Crippen LogP contribution in [0.1, 0.15) is 42.7 Å². The van der Waals surface area contributed by atoms with Gasteiger partial charge in [-0.3, -0.25) is 15.1 Å². The number of anilines is 1. The lowest BCUT2D eigenvalue weighted by atomic mass is 10.0. The molecule has 0 saturated heterocycles. The maximum Gasteiger partial charge on any atom is 0.258 e. The lowest BCUT2D eigenvalue weighted by molar-refractivity contribution is 0.102. The number of rotatable bonds is 5. The van der Waals surface area contributed by atoms with Gasteiger partial charge in [-0.05, 0) is 23.8 Å². The smallest absolute Gasteiger partial charge is 0.258 e. The summed E-state index contributed by atoms with van der Waals surface area (Å²) < 4.78 is 0.857. The van der Waals surface area contributed by atoms with E-state index in [0.717, 1.165) is 26.7 Å². The number of carbonyl (C=O) groups is 1. The SMILES string of the molecule is CCSc1nnc(NC(=O)c2cc(C(C)C)nc3ccccc23)s1. The van der Waals surface area contributed by atoms with Crippen LogP contribution >= 0.6 is 23.1 Å². The fourth-order valence-electron chi connectivity index (χ4n) is 2.29. The van der Waals surface area contributed by atoms with E-state index in [-0.39, 0.29) is 11.8 Å². The first-order valence-corrected chi connectivity index (χ1v) is 9.56. The van der Waals surface area contributed by atoms with E-state index in [9.17, 15) is 4.79 Å². The molecular weight excluding hydrogens is 340 g/mol. The van der Waals surface area contributed by atoms with Gasteiger partial charge in [-0.25, -0.2) is 0 Å². The third-order valence-electron chi connectivity index (χ3n) is 3.47. The number of aromatic nitrogens is 3. The zero-order valence-electron chi connectivity index (χ0n) is 13.7. The van der Waals surface area contributed by atoms with Gasteiger partial charge in [-0.1, -0.05) is 62.1 Å². The zero-order chi connectivity index (χ0) is 17.1. The van der Waals surface area contributed by atoms with Crippen molar-refractivity contribution in [1.82, 2.24) is 15.2 Å². The molecule has 2 heterocycles. The average molecular weight is 358 g/mol. The highest BCUT2D eigenvalue weighted by Crippen LogP contribution is 2.27. The highest BCUT2D eigenvalue weighted by atomic mass is 32.2. The first-order valence-electron chi connectivity index (χ1n) is 7.75. The summed E-state index contributed by atoms with van der Waals surface area (Å²) in [7, 11) is 0. The van der Waals surface area contributed by atoms with Crippen molar-refractivity contribution >= 4 is 45.0 Å². The van der Waals surface area contributed by atoms with Crippen molar-refractivity contribution in [1.29, 1.82) is 0 Å². The molecule has 0 fully saturated rings. The molecule has 2 aromatic heterocycles. The number of nitrogens with one attached hydrogen (secondary N) is 1. The molecule has 24 heavy (non-hydrogen) atoms. The fourth-order valence-corrected chi connectivity index (χ4v) is 3.93. The van der Waals surface area contributed by atoms with Gasteiger partial charge in [-0.15, -0.1) is 10.2 Å². The maximum atomic E-state index is 12.8. The Morgan fingerprint density at radius 2 is 2.08 bits per heavy atom. The number of para-hydroxylation sites is 1. The van der Waals surface area contributed by atoms with E-state index in [1.54, 1.807) is 11.8 Å². The van der Waals surface area contributed by atoms with Gasteiger partial charge in [0.2, 0.25) is 5.13 Å². The number of fused-ring (bicyclic) bond motifs is 1. The molecule has 5 nitrogen and oxygen atoms in total. The summed E-state index contributed by atoms with van der Waals surface area (Å²) in [4.78, 5) is 17.4. The number of carbonyl (C=O) groups excluding carboxylic acids is 1. The van der Waals surface area contributed by atoms with Crippen molar-refractivity contribution in [3.63, 3.8) is 0 Å². The summed E-state index contributed by atoms with van der Waals surface area (Å²) in [5.41, 5.74) is 2.34. The maximum absolute atomic E-state index is 12.8. The van der Waals surface area contributed by atoms with E-state index in [1.807, 2.05) is 30.3 Å². The molecule has 0 unspecified atom stereocenters. The first kappa shape index (κ1) is 16.9. The molecule has 7 heteroatoms. The quantitative estimate of drug-likeness (QED) is 0.534. The number of hydrogen-bond donors (Lipinski definition) is 1. The van der Waals surface area contributed by atoms with Crippen molar-refractivity contribution < 1.29 is 4.79 Å². The topological polar surface area (TPSA) is 67.8 Å². The number of pyridine rings is 1. The van der Waals surface area contributed by atoms with Crippen LogP contribution in [0.25, 0.3) is 10.9 Å². The van der Waals surface area contributed by atoms with E-state index in [2.05, 4.69) is 41.3 Å². The van der Waals surface area contributed by atoms with E-state index < -0.39 is 0 Å². The van der Waals surface area contributed by atoms with Crippen molar-refractivity contribution in [2.24, 2.45) is 0 Å². The van der Waals surface area contributed by atoms with Crippen molar-refractivity contribution in [2.75, 3.05) is 11.1 Å². The third kappa shape index (κ3) is 3.57. The Hall–Kier alpha value is -1.99. The molecule has 0 bridgehead atoms. The van der Waals surface area contributed by atoms with Crippen LogP contribution in [0.3, 0.4) is 0 Å². The van der Waals surface area contributed by atoms with Crippen LogP contribution in [0.15, 0.2) is 34.7 Å². The predicted molar refractivity (Wildman–Crippen MR) is 100 cm³/mol. The van der Waals surface area contributed by atoms with Crippen LogP contribution < -0.4 is 5.32 Å². The van der Waals surface area contributed by atoms with Crippen LogP contribution in [0.5, 0.6) is 0 Å². The van der Waals surface area contributed by atoms with Crippen LogP contribution in [0, 0.1) is 0 Å². The second-order valence-corrected chi connectivity index (χ2v) is 8.02. The van der Waals surface area contributed by atoms with Crippen LogP contribution in [0.4, 0.5) is 5.13 Å². The van der Waals surface area contributed by atoms with Gasteiger partial charge in [-0.2, -0.15) is 0 Å². The monoisotopic (exact) mass is 358 g/mol. The molecule has 0 spiro atoms. The molecule has 0 radical (unpaired) electrons. The number of thioether (sulfide) groups is 1. The predicted octanol–water partition coefficient (Wildman–Crippen LogP) is 4.57. The van der Waals surface area contributed by atoms with E-state index in [0.29, 0.717) is 10.7 Å². The summed E-state index contributed by atoms with van der Waals surface area (Å²) >= 11 is 3.00. The highest BCUT2D eigenvalue weighted by Gasteiger charge is 2.16. The minimum absolute atomic E-state index is 0.181. The van der Waals surface area contributed by atoms with Gasteiger partial charge in [0.05, 0.1) is 11.1 Å². The van der Waals surface area contributed by atoms with Crippen LogP contribution in [-0.4, -0.2) is 26.8 Å². The molecule has 0 atom stereocenters. The lowest BCUT2D eigenvalue weighted by Gasteiger charge is -2.11. The zero-order valence-corrected chi connectivity index (χ0v) is 15.4. The highest BCUT2D eigenvalue weighted by molar-refractivity contribution is 8.01. The summed E-state index contributed by atoms with van der Waals surface area (Å²) in [6.07, 6.45) is 0. The second kappa shape index (κ2) is 7.27. The summed E-state index contributed by atoms with van der Waals surface area (Å²) in [5, 5.41) is 12.3. The van der Waals surface area contributed by atoms with Crippen molar-refractivity contribution in [3.05, 3.63) is 41.6 Å². The minimum atomic E-state index is -0.181. The Labute approximate surface area is 148 Å². The van der Waals surface area contributed by atoms with Gasteiger partial charge in [0.25, 0.3) is 5.91 Å². The van der Waals surface area contributed by atoms with Gasteiger partial charge < -0.3 is 0 Å².